The highest BCUT2D eigenvalue weighted by Gasteiger charge is 2.66. The summed E-state index contributed by atoms with van der Waals surface area (Å²) in [5.41, 5.74) is -1.02. The Labute approximate surface area is 109 Å². The van der Waals surface area contributed by atoms with Crippen molar-refractivity contribution in [3.63, 3.8) is 0 Å². The minimum Gasteiger partial charge on any atom is -0.478 e. The van der Waals surface area contributed by atoms with Crippen molar-refractivity contribution >= 4 is 12.0 Å². The first-order valence-electron chi connectivity index (χ1n) is 5.29. The van der Waals surface area contributed by atoms with E-state index in [0.717, 1.165) is 6.08 Å². The first kappa shape index (κ1) is 14.3. The lowest BCUT2D eigenvalue weighted by molar-refractivity contribution is -0.303. The summed E-state index contributed by atoms with van der Waals surface area (Å²) in [5, 5.41) is 8.81. The second-order valence-electron chi connectivity index (χ2n) is 4.06. The molecule has 1 aromatic rings. The Kier molecular flexibility index (Phi) is 3.19. The molecule has 1 atom stereocenters. The highest BCUT2D eigenvalue weighted by Crippen LogP contribution is 2.44. The molecule has 0 saturated carbocycles. The standard InChI is InChI=1S/C12H7F5O3/c13-11(14,12(15,16)17)9-7(10(18)19)5-6-3-1-2-4-8(6)20-9/h1-5,9H,(H,18,19). The van der Waals surface area contributed by atoms with Gasteiger partial charge in [-0.05, 0) is 12.1 Å². The Morgan fingerprint density at radius 2 is 1.75 bits per heavy atom. The zero-order valence-corrected chi connectivity index (χ0v) is 9.62. The zero-order chi connectivity index (χ0) is 15.1. The van der Waals surface area contributed by atoms with Crippen molar-refractivity contribution in [2.24, 2.45) is 0 Å². The number of hydrogen-bond acceptors (Lipinski definition) is 2. The van der Waals surface area contributed by atoms with E-state index < -0.39 is 29.7 Å². The van der Waals surface area contributed by atoms with Crippen LogP contribution in [0.4, 0.5) is 22.0 Å². The van der Waals surface area contributed by atoms with E-state index in [1.807, 2.05) is 0 Å². The summed E-state index contributed by atoms with van der Waals surface area (Å²) in [4.78, 5) is 10.9. The molecule has 8 heteroatoms. The molecule has 0 amide bonds. The Bertz CT molecular complexity index is 577. The van der Waals surface area contributed by atoms with Crippen LogP contribution in [0.5, 0.6) is 5.75 Å². The van der Waals surface area contributed by atoms with Crippen LogP contribution in [0.3, 0.4) is 0 Å². The lowest BCUT2D eigenvalue weighted by atomic mass is 9.97. The summed E-state index contributed by atoms with van der Waals surface area (Å²) in [7, 11) is 0. The number of alkyl halides is 5. The van der Waals surface area contributed by atoms with Crippen LogP contribution in [-0.4, -0.2) is 29.3 Å². The predicted molar refractivity (Wildman–Crippen MR) is 57.5 cm³/mol. The number of ether oxygens (including phenoxy) is 1. The van der Waals surface area contributed by atoms with E-state index in [9.17, 15) is 26.7 Å². The third-order valence-corrected chi connectivity index (χ3v) is 2.71. The van der Waals surface area contributed by atoms with Gasteiger partial charge in [-0.2, -0.15) is 22.0 Å². The Morgan fingerprint density at radius 1 is 1.15 bits per heavy atom. The molecule has 20 heavy (non-hydrogen) atoms. The molecular weight excluding hydrogens is 287 g/mol. The van der Waals surface area contributed by atoms with Gasteiger partial charge in [-0.3, -0.25) is 0 Å². The Balaban J connectivity index is 2.53. The number of halogens is 5. The fourth-order valence-corrected chi connectivity index (χ4v) is 1.73. The summed E-state index contributed by atoms with van der Waals surface area (Å²) in [6.45, 7) is 0. The molecule has 0 saturated heterocycles. The highest BCUT2D eigenvalue weighted by molar-refractivity contribution is 5.95. The van der Waals surface area contributed by atoms with Crippen molar-refractivity contribution in [3.05, 3.63) is 35.4 Å². The van der Waals surface area contributed by atoms with Gasteiger partial charge >= 0.3 is 18.1 Å². The third kappa shape index (κ3) is 2.21. The lowest BCUT2D eigenvalue weighted by Crippen LogP contribution is -2.52. The van der Waals surface area contributed by atoms with E-state index in [1.165, 1.54) is 24.3 Å². The van der Waals surface area contributed by atoms with Gasteiger partial charge in [0.25, 0.3) is 0 Å². The summed E-state index contributed by atoms with van der Waals surface area (Å²) < 4.78 is 68.5. The number of benzene rings is 1. The minimum absolute atomic E-state index is 0.124. The monoisotopic (exact) mass is 294 g/mol. The Morgan fingerprint density at radius 3 is 2.30 bits per heavy atom. The predicted octanol–water partition coefficient (Wildman–Crippen LogP) is 3.11. The van der Waals surface area contributed by atoms with Crippen LogP contribution < -0.4 is 4.74 Å². The summed E-state index contributed by atoms with van der Waals surface area (Å²) in [6.07, 6.45) is -8.08. The summed E-state index contributed by atoms with van der Waals surface area (Å²) in [6, 6.07) is 5.38. The number of aliphatic carboxylic acids is 1. The molecule has 1 N–H and O–H groups in total. The quantitative estimate of drug-likeness (QED) is 0.852. The number of carbonyl (C=O) groups is 1. The van der Waals surface area contributed by atoms with Crippen molar-refractivity contribution < 1.29 is 36.6 Å². The zero-order valence-electron chi connectivity index (χ0n) is 9.62. The number of carboxylic acids is 1. The fraction of sp³-hybridized carbons (Fsp3) is 0.250. The van der Waals surface area contributed by atoms with Crippen molar-refractivity contribution in [1.82, 2.24) is 0 Å². The van der Waals surface area contributed by atoms with Crippen molar-refractivity contribution in [1.29, 1.82) is 0 Å². The molecule has 2 rings (SSSR count). The molecule has 0 aliphatic carbocycles. The van der Waals surface area contributed by atoms with E-state index >= 15 is 0 Å². The molecule has 0 bridgehead atoms. The number of para-hydroxylation sites is 1. The molecule has 1 aromatic carbocycles. The maximum atomic E-state index is 13.4. The normalized spacial score (nSPS) is 18.9. The highest BCUT2D eigenvalue weighted by atomic mass is 19.4. The van der Waals surface area contributed by atoms with E-state index in [2.05, 4.69) is 4.74 Å². The van der Waals surface area contributed by atoms with Gasteiger partial charge < -0.3 is 9.84 Å². The molecule has 3 nitrogen and oxygen atoms in total. The van der Waals surface area contributed by atoms with E-state index in [1.54, 1.807) is 0 Å². The average molecular weight is 294 g/mol. The maximum absolute atomic E-state index is 13.4. The van der Waals surface area contributed by atoms with Gasteiger partial charge in [-0.15, -0.1) is 0 Å². The number of fused-ring (bicyclic) bond motifs is 1. The van der Waals surface area contributed by atoms with Crippen LogP contribution in [0.15, 0.2) is 29.8 Å². The smallest absolute Gasteiger partial charge is 0.457 e. The first-order valence-corrected chi connectivity index (χ1v) is 5.29. The second kappa shape index (κ2) is 4.46. The van der Waals surface area contributed by atoms with Gasteiger partial charge in [0, 0.05) is 5.56 Å². The van der Waals surface area contributed by atoms with Crippen LogP contribution in [0, 0.1) is 0 Å². The van der Waals surface area contributed by atoms with Crippen LogP contribution >= 0.6 is 0 Å². The largest absolute Gasteiger partial charge is 0.478 e. The molecule has 1 heterocycles. The molecule has 0 aromatic heterocycles. The van der Waals surface area contributed by atoms with E-state index in [-0.39, 0.29) is 11.3 Å². The SMILES string of the molecule is O=C(O)C1=Cc2ccccc2OC1C(F)(F)C(F)(F)F. The molecule has 108 valence electrons. The molecule has 1 aliphatic rings. The third-order valence-electron chi connectivity index (χ3n) is 2.71. The Hall–Kier alpha value is -2.12. The van der Waals surface area contributed by atoms with E-state index in [0.29, 0.717) is 0 Å². The molecule has 0 radical (unpaired) electrons. The number of hydrogen-bond donors (Lipinski definition) is 1. The van der Waals surface area contributed by atoms with Gasteiger partial charge in [-0.1, -0.05) is 18.2 Å². The average Bonchev–Trinajstić information content (AvgIpc) is 2.35. The van der Waals surface area contributed by atoms with Gasteiger partial charge in [0.15, 0.2) is 0 Å². The van der Waals surface area contributed by atoms with Crippen LogP contribution in [0.25, 0.3) is 6.08 Å². The summed E-state index contributed by atoms with van der Waals surface area (Å²) in [5.74, 6) is -7.44. The van der Waals surface area contributed by atoms with Gasteiger partial charge in [0.05, 0.1) is 5.57 Å². The molecular formula is C12H7F5O3. The maximum Gasteiger partial charge on any atom is 0.457 e. The summed E-state index contributed by atoms with van der Waals surface area (Å²) >= 11 is 0. The molecule has 0 fully saturated rings. The molecule has 0 spiro atoms. The first-order chi connectivity index (χ1) is 9.14. The minimum atomic E-state index is -5.92. The second-order valence-corrected chi connectivity index (χ2v) is 4.06. The van der Waals surface area contributed by atoms with Crippen molar-refractivity contribution in [2.75, 3.05) is 0 Å². The van der Waals surface area contributed by atoms with Crippen molar-refractivity contribution in [2.45, 2.75) is 18.2 Å². The van der Waals surface area contributed by atoms with Crippen LogP contribution in [-0.2, 0) is 4.79 Å². The number of rotatable bonds is 2. The fourth-order valence-electron chi connectivity index (χ4n) is 1.73. The van der Waals surface area contributed by atoms with Crippen LogP contribution in [0.2, 0.25) is 0 Å². The lowest BCUT2D eigenvalue weighted by Gasteiger charge is -2.32. The number of carboxylic acid groups (broad SMARTS) is 1. The molecule has 1 unspecified atom stereocenters. The van der Waals surface area contributed by atoms with E-state index in [4.69, 9.17) is 5.11 Å². The topological polar surface area (TPSA) is 46.5 Å². The van der Waals surface area contributed by atoms with Gasteiger partial charge in [0.2, 0.25) is 6.10 Å². The van der Waals surface area contributed by atoms with Gasteiger partial charge in [0.1, 0.15) is 5.75 Å². The van der Waals surface area contributed by atoms with Crippen molar-refractivity contribution in [3.8, 4) is 5.75 Å². The van der Waals surface area contributed by atoms with Gasteiger partial charge in [-0.25, -0.2) is 4.79 Å². The molecule has 1 aliphatic heterocycles. The van der Waals surface area contributed by atoms with Crippen LogP contribution in [0.1, 0.15) is 5.56 Å².